The minimum Gasteiger partial charge on any atom is -0.465 e. The van der Waals surface area contributed by atoms with E-state index in [0.717, 1.165) is 5.76 Å². The molecule has 1 aromatic heterocycles. The number of hydrogen-bond donors (Lipinski definition) is 1. The van der Waals surface area contributed by atoms with E-state index in [-0.39, 0.29) is 17.8 Å². The summed E-state index contributed by atoms with van der Waals surface area (Å²) in [6, 6.07) is 1.69. The Morgan fingerprint density at radius 3 is 2.94 bits per heavy atom. The van der Waals surface area contributed by atoms with Gasteiger partial charge in [-0.25, -0.2) is 4.79 Å². The lowest BCUT2D eigenvalue weighted by atomic mass is 10.2. The number of hydrogen-bond acceptors (Lipinski definition) is 5. The first-order valence-corrected chi connectivity index (χ1v) is 6.03. The van der Waals surface area contributed by atoms with Crippen molar-refractivity contribution < 1.29 is 19.1 Å². The maximum Gasteiger partial charge on any atom is 0.341 e. The zero-order chi connectivity index (χ0) is 12.1. The van der Waals surface area contributed by atoms with Crippen LogP contribution in [0.25, 0.3) is 0 Å². The molecule has 90 valence electrons. The lowest BCUT2D eigenvalue weighted by molar-refractivity contribution is 0.0599. The Morgan fingerprint density at radius 1 is 1.69 bits per heavy atom. The third-order valence-corrected chi connectivity index (χ3v) is 3.31. The molecule has 0 bridgehead atoms. The van der Waals surface area contributed by atoms with Crippen LogP contribution in [0.2, 0.25) is 0 Å². The molecule has 0 aliphatic heterocycles. The van der Waals surface area contributed by atoms with E-state index in [0.29, 0.717) is 17.1 Å². The number of carbonyl (C=O) groups is 1. The van der Waals surface area contributed by atoms with Crippen molar-refractivity contribution in [3.05, 3.63) is 23.2 Å². The number of aliphatic hydroxyl groups excluding tert-OH is 1. The Labute approximate surface area is 99.0 Å². The summed E-state index contributed by atoms with van der Waals surface area (Å²) in [5, 5.41) is 9.03. The topological polar surface area (TPSA) is 59.7 Å². The normalized spacial score (nSPS) is 12.5. The highest BCUT2D eigenvalue weighted by atomic mass is 32.2. The van der Waals surface area contributed by atoms with Crippen molar-refractivity contribution in [2.45, 2.75) is 24.9 Å². The quantitative estimate of drug-likeness (QED) is 0.803. The Morgan fingerprint density at radius 2 is 2.38 bits per heavy atom. The molecule has 0 saturated heterocycles. The first-order valence-electron chi connectivity index (χ1n) is 4.98. The minimum absolute atomic E-state index is 0.133. The molecule has 0 radical (unpaired) electrons. The molecule has 1 heterocycles. The number of carbonyl (C=O) groups excluding carboxylic acids is 1. The summed E-state index contributed by atoms with van der Waals surface area (Å²) in [5.41, 5.74) is 0.467. The summed E-state index contributed by atoms with van der Waals surface area (Å²) in [5.74, 6) is 1.55. The van der Waals surface area contributed by atoms with Gasteiger partial charge in [0.25, 0.3) is 0 Å². The average molecular weight is 244 g/mol. The van der Waals surface area contributed by atoms with Crippen LogP contribution in [-0.4, -0.2) is 30.0 Å². The standard InChI is InChI=1S/C11H16O4S/c1-7(5-12)16-6-9-4-10(8(2)15-9)11(13)14-3/h4,7,12H,5-6H2,1-3H3. The Kier molecular flexibility index (Phi) is 4.89. The zero-order valence-electron chi connectivity index (χ0n) is 9.65. The van der Waals surface area contributed by atoms with E-state index in [9.17, 15) is 4.79 Å². The van der Waals surface area contributed by atoms with E-state index in [2.05, 4.69) is 4.74 Å². The van der Waals surface area contributed by atoms with Crippen molar-refractivity contribution in [2.24, 2.45) is 0 Å². The minimum atomic E-state index is -0.382. The lowest BCUT2D eigenvalue weighted by Gasteiger charge is -2.04. The van der Waals surface area contributed by atoms with Gasteiger partial charge in [-0.05, 0) is 13.0 Å². The Balaban J connectivity index is 2.66. The highest BCUT2D eigenvalue weighted by Gasteiger charge is 2.15. The van der Waals surface area contributed by atoms with Crippen molar-refractivity contribution in [3.63, 3.8) is 0 Å². The smallest absolute Gasteiger partial charge is 0.341 e. The predicted octanol–water partition coefficient (Wildman–Crippen LogP) is 1.99. The van der Waals surface area contributed by atoms with E-state index in [1.54, 1.807) is 24.8 Å². The molecule has 1 rings (SSSR count). The molecule has 1 aromatic rings. The predicted molar refractivity (Wildman–Crippen MR) is 62.6 cm³/mol. The molecule has 0 amide bonds. The maximum atomic E-state index is 11.3. The van der Waals surface area contributed by atoms with Crippen molar-refractivity contribution in [1.29, 1.82) is 0 Å². The summed E-state index contributed by atoms with van der Waals surface area (Å²) >= 11 is 1.57. The van der Waals surface area contributed by atoms with Crippen LogP contribution < -0.4 is 0 Å². The van der Waals surface area contributed by atoms with Crippen molar-refractivity contribution in [3.8, 4) is 0 Å². The van der Waals surface area contributed by atoms with Gasteiger partial charge in [0.2, 0.25) is 0 Å². The largest absolute Gasteiger partial charge is 0.465 e. The molecule has 0 spiro atoms. The Hall–Kier alpha value is -0.940. The third-order valence-electron chi connectivity index (χ3n) is 2.14. The average Bonchev–Trinajstić information content (AvgIpc) is 2.66. The second-order valence-electron chi connectivity index (χ2n) is 3.48. The molecule has 0 aliphatic rings. The number of aryl methyl sites for hydroxylation is 1. The monoisotopic (exact) mass is 244 g/mol. The second-order valence-corrected chi connectivity index (χ2v) is 4.91. The van der Waals surface area contributed by atoms with Crippen LogP contribution in [0.5, 0.6) is 0 Å². The molecule has 0 aliphatic carbocycles. The highest BCUT2D eigenvalue weighted by Crippen LogP contribution is 2.22. The number of furan rings is 1. The van der Waals surface area contributed by atoms with E-state index in [1.807, 2.05) is 6.92 Å². The van der Waals surface area contributed by atoms with E-state index >= 15 is 0 Å². The molecule has 5 heteroatoms. The summed E-state index contributed by atoms with van der Waals surface area (Å²) < 4.78 is 10.1. The fourth-order valence-electron chi connectivity index (χ4n) is 1.20. The van der Waals surface area contributed by atoms with Crippen LogP contribution in [0.1, 0.15) is 28.8 Å². The van der Waals surface area contributed by atoms with Gasteiger partial charge < -0.3 is 14.3 Å². The van der Waals surface area contributed by atoms with Crippen LogP contribution >= 0.6 is 11.8 Å². The van der Waals surface area contributed by atoms with Crippen LogP contribution in [0, 0.1) is 6.92 Å². The summed E-state index contributed by atoms with van der Waals surface area (Å²) in [6.45, 7) is 3.80. The summed E-state index contributed by atoms with van der Waals surface area (Å²) in [7, 11) is 1.34. The van der Waals surface area contributed by atoms with Gasteiger partial charge in [-0.3, -0.25) is 0 Å². The summed E-state index contributed by atoms with van der Waals surface area (Å²) in [4.78, 5) is 11.3. The van der Waals surface area contributed by atoms with Crippen LogP contribution in [-0.2, 0) is 10.5 Å². The number of thioether (sulfide) groups is 1. The van der Waals surface area contributed by atoms with Gasteiger partial charge in [-0.1, -0.05) is 6.92 Å². The van der Waals surface area contributed by atoms with E-state index in [4.69, 9.17) is 9.52 Å². The number of rotatable bonds is 5. The number of aliphatic hydroxyl groups is 1. The fraction of sp³-hybridized carbons (Fsp3) is 0.545. The highest BCUT2D eigenvalue weighted by molar-refractivity contribution is 7.99. The number of ether oxygens (including phenoxy) is 1. The van der Waals surface area contributed by atoms with Crippen molar-refractivity contribution in [2.75, 3.05) is 13.7 Å². The number of methoxy groups -OCH3 is 1. The maximum absolute atomic E-state index is 11.3. The fourth-order valence-corrected chi connectivity index (χ4v) is 1.90. The summed E-state index contributed by atoms with van der Waals surface area (Å²) in [6.07, 6.45) is 0. The second kappa shape index (κ2) is 5.96. The molecule has 1 atom stereocenters. The van der Waals surface area contributed by atoms with Crippen molar-refractivity contribution >= 4 is 17.7 Å². The van der Waals surface area contributed by atoms with Crippen LogP contribution in [0.3, 0.4) is 0 Å². The van der Waals surface area contributed by atoms with E-state index in [1.165, 1.54) is 7.11 Å². The molecular formula is C11H16O4S. The van der Waals surface area contributed by atoms with Crippen LogP contribution in [0.15, 0.2) is 10.5 Å². The molecule has 4 nitrogen and oxygen atoms in total. The molecule has 0 saturated carbocycles. The van der Waals surface area contributed by atoms with Gasteiger partial charge in [0.05, 0.1) is 19.5 Å². The van der Waals surface area contributed by atoms with Gasteiger partial charge in [0, 0.05) is 5.25 Å². The third kappa shape index (κ3) is 3.28. The molecule has 0 fully saturated rings. The van der Waals surface area contributed by atoms with Gasteiger partial charge >= 0.3 is 5.97 Å². The first-order chi connectivity index (χ1) is 7.58. The molecule has 1 unspecified atom stereocenters. The first kappa shape index (κ1) is 13.1. The van der Waals surface area contributed by atoms with E-state index < -0.39 is 0 Å². The molecular weight excluding hydrogens is 228 g/mol. The molecule has 16 heavy (non-hydrogen) atoms. The number of esters is 1. The Bertz CT molecular complexity index is 359. The molecule has 0 aromatic carbocycles. The SMILES string of the molecule is COC(=O)c1cc(CSC(C)CO)oc1C. The van der Waals surface area contributed by atoms with Gasteiger partial charge in [0.15, 0.2) is 0 Å². The van der Waals surface area contributed by atoms with Gasteiger partial charge in [-0.15, -0.1) is 11.8 Å². The van der Waals surface area contributed by atoms with Gasteiger partial charge in [0.1, 0.15) is 17.1 Å². The van der Waals surface area contributed by atoms with Gasteiger partial charge in [-0.2, -0.15) is 0 Å². The molecule has 1 N–H and O–H groups in total. The van der Waals surface area contributed by atoms with Crippen LogP contribution in [0.4, 0.5) is 0 Å². The zero-order valence-corrected chi connectivity index (χ0v) is 10.5. The lowest BCUT2D eigenvalue weighted by Crippen LogP contribution is -2.02. The van der Waals surface area contributed by atoms with Crippen molar-refractivity contribution in [1.82, 2.24) is 0 Å².